The Hall–Kier alpha value is -1.44. The number of amides is 1. The molecule has 0 unspecified atom stereocenters. The van der Waals surface area contributed by atoms with Crippen LogP contribution in [0.25, 0.3) is 5.70 Å². The molecular formula is C16H22ClN3O3S. The molecule has 8 heteroatoms. The van der Waals surface area contributed by atoms with Crippen LogP contribution in [0.15, 0.2) is 12.3 Å². The Morgan fingerprint density at radius 2 is 2.08 bits per heavy atom. The van der Waals surface area contributed by atoms with E-state index < -0.39 is 11.7 Å². The lowest BCUT2D eigenvalue weighted by molar-refractivity contribution is 0.0378. The molecule has 1 aromatic heterocycles. The maximum absolute atomic E-state index is 12.1. The first-order valence-corrected chi connectivity index (χ1v) is 9.11. The van der Waals surface area contributed by atoms with Gasteiger partial charge >= 0.3 is 6.09 Å². The molecular weight excluding hydrogens is 350 g/mol. The van der Waals surface area contributed by atoms with Crippen molar-refractivity contribution in [2.24, 2.45) is 0 Å². The van der Waals surface area contributed by atoms with Gasteiger partial charge in [-0.1, -0.05) is 11.6 Å². The predicted molar refractivity (Wildman–Crippen MR) is 94.6 cm³/mol. The van der Waals surface area contributed by atoms with Crippen molar-refractivity contribution in [3.05, 3.63) is 27.0 Å². The molecule has 1 aromatic rings. The van der Waals surface area contributed by atoms with E-state index in [0.717, 1.165) is 33.6 Å². The quantitative estimate of drug-likeness (QED) is 0.864. The van der Waals surface area contributed by atoms with E-state index in [1.54, 1.807) is 5.01 Å². The van der Waals surface area contributed by atoms with Crippen LogP contribution in [-0.4, -0.2) is 47.9 Å². The van der Waals surface area contributed by atoms with Gasteiger partial charge in [-0.2, -0.15) is 0 Å². The number of nitrogens with zero attached hydrogens (tertiary/aromatic N) is 2. The van der Waals surface area contributed by atoms with E-state index in [0.29, 0.717) is 19.8 Å². The van der Waals surface area contributed by atoms with E-state index in [1.165, 1.54) is 11.3 Å². The number of halogens is 1. The molecule has 2 aliphatic rings. The van der Waals surface area contributed by atoms with Crippen molar-refractivity contribution in [2.45, 2.75) is 32.9 Å². The van der Waals surface area contributed by atoms with Crippen LogP contribution in [0.5, 0.6) is 0 Å². The molecule has 6 nitrogen and oxygen atoms in total. The predicted octanol–water partition coefficient (Wildman–Crippen LogP) is 3.29. The van der Waals surface area contributed by atoms with Gasteiger partial charge in [0.05, 0.1) is 29.8 Å². The largest absolute Gasteiger partial charge is 0.443 e. The number of rotatable bonds is 2. The van der Waals surface area contributed by atoms with Crippen molar-refractivity contribution in [2.75, 3.05) is 26.3 Å². The summed E-state index contributed by atoms with van der Waals surface area (Å²) in [6.45, 7) is 9.13. The number of hydrogen-bond donors (Lipinski definition) is 1. The summed E-state index contributed by atoms with van der Waals surface area (Å²) >= 11 is 7.75. The molecule has 24 heavy (non-hydrogen) atoms. The van der Waals surface area contributed by atoms with Gasteiger partial charge in [0.1, 0.15) is 5.60 Å². The van der Waals surface area contributed by atoms with Gasteiger partial charge in [-0.25, -0.2) is 10.2 Å². The molecule has 0 spiro atoms. The minimum absolute atomic E-state index is 0.466. The molecule has 132 valence electrons. The van der Waals surface area contributed by atoms with Gasteiger partial charge in [-0.15, -0.1) is 11.3 Å². The van der Waals surface area contributed by atoms with E-state index in [4.69, 9.17) is 21.1 Å². The summed E-state index contributed by atoms with van der Waals surface area (Å²) in [6.07, 6.45) is 1.48. The Labute approximate surface area is 150 Å². The standard InChI is InChI=1S/C16H22ClN3O3S/c1-16(2,3)23-15(21)18-20-9-12(19-4-6-22-7-5-19)11-8-14(17)24-13(11)10-20/h8-9H,4-7,10H2,1-3H3,(H,18,21). The van der Waals surface area contributed by atoms with Crippen molar-refractivity contribution in [1.82, 2.24) is 15.3 Å². The van der Waals surface area contributed by atoms with Crippen molar-refractivity contribution in [3.63, 3.8) is 0 Å². The van der Waals surface area contributed by atoms with Gasteiger partial charge in [0.15, 0.2) is 0 Å². The molecule has 1 amide bonds. The van der Waals surface area contributed by atoms with E-state index in [-0.39, 0.29) is 0 Å². The van der Waals surface area contributed by atoms with Crippen LogP contribution in [0, 0.1) is 0 Å². The lowest BCUT2D eigenvalue weighted by atomic mass is 10.1. The lowest BCUT2D eigenvalue weighted by Crippen LogP contribution is -2.44. The Morgan fingerprint density at radius 3 is 2.75 bits per heavy atom. The molecule has 1 fully saturated rings. The fourth-order valence-electron chi connectivity index (χ4n) is 2.69. The number of nitrogens with one attached hydrogen (secondary N) is 1. The average molecular weight is 372 g/mol. The zero-order valence-electron chi connectivity index (χ0n) is 14.1. The smallest absolute Gasteiger partial charge is 0.426 e. The Bertz CT molecular complexity index is 647. The maximum Gasteiger partial charge on any atom is 0.426 e. The molecule has 1 N–H and O–H groups in total. The highest BCUT2D eigenvalue weighted by Crippen LogP contribution is 2.37. The molecule has 1 saturated heterocycles. The first kappa shape index (κ1) is 17.4. The number of hydrazine groups is 1. The summed E-state index contributed by atoms with van der Waals surface area (Å²) in [7, 11) is 0. The van der Waals surface area contributed by atoms with Gasteiger partial charge in [0.2, 0.25) is 0 Å². The topological polar surface area (TPSA) is 54.0 Å². The average Bonchev–Trinajstić information content (AvgIpc) is 2.85. The molecule has 0 aromatic carbocycles. The fourth-order valence-corrected chi connectivity index (χ4v) is 3.97. The second-order valence-electron chi connectivity index (χ2n) is 6.74. The first-order valence-electron chi connectivity index (χ1n) is 7.91. The van der Waals surface area contributed by atoms with Gasteiger partial charge in [-0.05, 0) is 26.8 Å². The van der Waals surface area contributed by atoms with Crippen LogP contribution < -0.4 is 5.43 Å². The normalized spacial score (nSPS) is 18.1. The van der Waals surface area contributed by atoms with Crippen LogP contribution in [0.3, 0.4) is 0 Å². The summed E-state index contributed by atoms with van der Waals surface area (Å²) in [5, 5.41) is 1.76. The third-order valence-corrected chi connectivity index (χ3v) is 4.88. The van der Waals surface area contributed by atoms with Gasteiger partial charge in [0.25, 0.3) is 0 Å². The summed E-state index contributed by atoms with van der Waals surface area (Å²) in [4.78, 5) is 15.4. The monoisotopic (exact) mass is 371 g/mol. The summed E-state index contributed by atoms with van der Waals surface area (Å²) < 4.78 is 11.5. The van der Waals surface area contributed by atoms with Crippen LogP contribution in [0.1, 0.15) is 31.2 Å². The summed E-state index contributed by atoms with van der Waals surface area (Å²) in [5.74, 6) is 0. The third kappa shape index (κ3) is 4.15. The molecule has 2 aliphatic heterocycles. The van der Waals surface area contributed by atoms with Crippen molar-refractivity contribution in [3.8, 4) is 0 Å². The minimum atomic E-state index is -0.534. The van der Waals surface area contributed by atoms with Crippen LogP contribution in [0.4, 0.5) is 4.79 Å². The highest BCUT2D eigenvalue weighted by molar-refractivity contribution is 7.16. The molecule has 3 heterocycles. The fraction of sp³-hybridized carbons (Fsp3) is 0.562. The van der Waals surface area contributed by atoms with E-state index >= 15 is 0 Å². The Morgan fingerprint density at radius 1 is 1.38 bits per heavy atom. The molecule has 0 radical (unpaired) electrons. The second-order valence-corrected chi connectivity index (χ2v) is 8.51. The van der Waals surface area contributed by atoms with Crippen molar-refractivity contribution < 1.29 is 14.3 Å². The Kier molecular flexibility index (Phi) is 4.94. The number of thiophene rings is 1. The van der Waals surface area contributed by atoms with E-state index in [1.807, 2.05) is 33.0 Å². The number of ether oxygens (including phenoxy) is 2. The SMILES string of the molecule is CC(C)(C)OC(=O)NN1C=C(N2CCOCC2)c2cc(Cl)sc2C1. The number of carbonyl (C=O) groups excluding carboxylic acids is 1. The first-order chi connectivity index (χ1) is 11.3. The van der Waals surface area contributed by atoms with Gasteiger partial charge in [-0.3, -0.25) is 5.01 Å². The molecule has 0 aliphatic carbocycles. The van der Waals surface area contributed by atoms with Crippen molar-refractivity contribution in [1.29, 1.82) is 0 Å². The molecule has 0 saturated carbocycles. The highest BCUT2D eigenvalue weighted by Gasteiger charge is 2.27. The number of hydrogen-bond acceptors (Lipinski definition) is 6. The zero-order valence-corrected chi connectivity index (χ0v) is 15.7. The minimum Gasteiger partial charge on any atom is -0.443 e. The van der Waals surface area contributed by atoms with Gasteiger partial charge < -0.3 is 14.4 Å². The molecule has 0 bridgehead atoms. The summed E-state index contributed by atoms with van der Waals surface area (Å²) in [6, 6.07) is 1.99. The number of morpholine rings is 1. The van der Waals surface area contributed by atoms with E-state index in [9.17, 15) is 4.79 Å². The lowest BCUT2D eigenvalue weighted by Gasteiger charge is -2.35. The zero-order chi connectivity index (χ0) is 17.3. The van der Waals surface area contributed by atoms with Crippen molar-refractivity contribution >= 4 is 34.7 Å². The van der Waals surface area contributed by atoms with Crippen LogP contribution in [-0.2, 0) is 16.0 Å². The summed E-state index contributed by atoms with van der Waals surface area (Å²) in [5.41, 5.74) is 4.45. The number of carbonyl (C=O) groups is 1. The number of fused-ring (bicyclic) bond motifs is 1. The van der Waals surface area contributed by atoms with Crippen LogP contribution >= 0.6 is 22.9 Å². The molecule has 3 rings (SSSR count). The highest BCUT2D eigenvalue weighted by atomic mass is 35.5. The van der Waals surface area contributed by atoms with Gasteiger partial charge in [0, 0.05) is 29.7 Å². The maximum atomic E-state index is 12.1. The molecule has 0 atom stereocenters. The third-order valence-electron chi connectivity index (χ3n) is 3.63. The second kappa shape index (κ2) is 6.82. The Balaban J connectivity index is 1.80. The van der Waals surface area contributed by atoms with E-state index in [2.05, 4.69) is 10.3 Å². The van der Waals surface area contributed by atoms with Crippen LogP contribution in [0.2, 0.25) is 4.34 Å².